The molecule has 0 amide bonds. The summed E-state index contributed by atoms with van der Waals surface area (Å²) < 4.78 is 17.7. The van der Waals surface area contributed by atoms with E-state index >= 15 is 0 Å². The predicted octanol–water partition coefficient (Wildman–Crippen LogP) is 4.18. The molecule has 0 spiro atoms. The molecule has 1 aliphatic rings. The first-order valence-corrected chi connectivity index (χ1v) is 16.3. The molecule has 2 N–H and O–H groups in total. The van der Waals surface area contributed by atoms with Crippen LogP contribution in [-0.2, 0) is 20.1 Å². The zero-order chi connectivity index (χ0) is 30.4. The van der Waals surface area contributed by atoms with Crippen molar-refractivity contribution in [2.45, 2.75) is 32.5 Å². The average Bonchev–Trinajstić information content (AvgIpc) is 3.03. The third-order valence-corrected chi connectivity index (χ3v) is 12.3. The van der Waals surface area contributed by atoms with Crippen LogP contribution in [0.4, 0.5) is 0 Å². The minimum atomic E-state index is -2.80. The van der Waals surface area contributed by atoms with Crippen LogP contribution < -0.4 is 35.0 Å². The summed E-state index contributed by atoms with van der Waals surface area (Å²) in [5.74, 6) is 3.33. The summed E-state index contributed by atoms with van der Waals surface area (Å²) in [5, 5.41) is 22.0. The standard InChI is InChI=1S/C31H24NO3Si.C5H12O2.Ir/c1-33-22-13-17-24(18-14-22)36(25-19-15-23(34-2)16-20-25)29-11-4-3-10-28(29)35-31-26(8-7-12-30(31)36)27-9-5-6-21-32-27;1-4(6)3-5(2)7;/h3-7,9-21H,1-2H3;4-7H,3H2,1-2H3;/q-1;;. The molecular formula is C36H36IrNO5Si-. The van der Waals surface area contributed by atoms with E-state index in [1.54, 1.807) is 34.3 Å². The fourth-order valence-corrected chi connectivity index (χ4v) is 10.6. The number of aromatic nitrogens is 1. The van der Waals surface area contributed by atoms with Crippen LogP contribution in [0.5, 0.6) is 23.0 Å². The van der Waals surface area contributed by atoms with E-state index in [0.29, 0.717) is 6.42 Å². The van der Waals surface area contributed by atoms with E-state index in [1.165, 1.54) is 15.6 Å². The molecule has 0 fully saturated rings. The number of pyridine rings is 1. The van der Waals surface area contributed by atoms with Crippen molar-refractivity contribution in [3.05, 3.63) is 115 Å². The number of nitrogens with zero attached hydrogens (tertiary/aromatic N) is 1. The number of methoxy groups -OCH3 is 2. The number of para-hydroxylation sites is 1. The van der Waals surface area contributed by atoms with Gasteiger partial charge in [-0.25, -0.2) is 0 Å². The smallest absolute Gasteiger partial charge is 0.169 e. The summed E-state index contributed by atoms with van der Waals surface area (Å²) in [7, 11) is 0.593. The van der Waals surface area contributed by atoms with Gasteiger partial charge < -0.3 is 29.4 Å². The average molecular weight is 783 g/mol. The molecule has 0 saturated heterocycles. The van der Waals surface area contributed by atoms with E-state index in [-0.39, 0.29) is 32.3 Å². The quantitative estimate of drug-likeness (QED) is 0.187. The molecule has 0 aliphatic carbocycles. The molecule has 5 aromatic rings. The minimum absolute atomic E-state index is 0. The Balaban J connectivity index is 0.000000497. The number of ether oxygens (including phenoxy) is 3. The van der Waals surface area contributed by atoms with Gasteiger partial charge in [0.1, 0.15) is 17.2 Å². The second-order valence-corrected chi connectivity index (χ2v) is 14.3. The number of rotatable bonds is 7. The summed E-state index contributed by atoms with van der Waals surface area (Å²) in [6.07, 6.45) is 1.52. The second-order valence-electron chi connectivity index (χ2n) is 10.5. The van der Waals surface area contributed by atoms with Gasteiger partial charge in [-0.3, -0.25) is 0 Å². The fourth-order valence-electron chi connectivity index (χ4n) is 5.67. The van der Waals surface area contributed by atoms with E-state index in [2.05, 4.69) is 59.6 Å². The molecule has 8 heteroatoms. The molecule has 1 radical (unpaired) electrons. The Hall–Kier alpha value is -3.78. The normalized spacial score (nSPS) is 13.8. The maximum absolute atomic E-state index is 8.56. The Morgan fingerprint density at radius 2 is 1.32 bits per heavy atom. The van der Waals surface area contributed by atoms with Gasteiger partial charge in [-0.2, -0.15) is 0 Å². The van der Waals surface area contributed by atoms with Crippen molar-refractivity contribution < 1.29 is 44.5 Å². The van der Waals surface area contributed by atoms with Crippen LogP contribution >= 0.6 is 0 Å². The summed E-state index contributed by atoms with van der Waals surface area (Å²) in [6, 6.07) is 38.8. The number of benzene rings is 4. The molecule has 0 bridgehead atoms. The van der Waals surface area contributed by atoms with Gasteiger partial charge in [0.15, 0.2) is 8.07 Å². The van der Waals surface area contributed by atoms with Crippen LogP contribution in [-0.4, -0.2) is 49.7 Å². The first-order valence-electron chi connectivity index (χ1n) is 14.3. The molecule has 1 aliphatic heterocycles. The molecular weight excluding hydrogens is 747 g/mol. The van der Waals surface area contributed by atoms with E-state index < -0.39 is 8.07 Å². The third kappa shape index (κ3) is 6.65. The maximum atomic E-state index is 8.56. The van der Waals surface area contributed by atoms with Gasteiger partial charge in [-0.15, -0.1) is 18.2 Å². The van der Waals surface area contributed by atoms with E-state index in [1.807, 2.05) is 54.6 Å². The molecule has 2 unspecified atom stereocenters. The van der Waals surface area contributed by atoms with Crippen LogP contribution in [0.2, 0.25) is 0 Å². The summed E-state index contributed by atoms with van der Waals surface area (Å²) in [6.45, 7) is 3.32. The van der Waals surface area contributed by atoms with Crippen LogP contribution in [0.3, 0.4) is 0 Å². The molecule has 1 aromatic heterocycles. The molecule has 44 heavy (non-hydrogen) atoms. The third-order valence-electron chi connectivity index (χ3n) is 7.51. The Kier molecular flexibility index (Phi) is 11.1. The van der Waals surface area contributed by atoms with Crippen molar-refractivity contribution in [1.82, 2.24) is 4.98 Å². The first kappa shape index (κ1) is 33.1. The van der Waals surface area contributed by atoms with Crippen LogP contribution in [0, 0.1) is 6.07 Å². The number of fused-ring (bicyclic) bond motifs is 2. The van der Waals surface area contributed by atoms with Crippen molar-refractivity contribution in [3.63, 3.8) is 0 Å². The molecule has 6 rings (SSSR count). The molecule has 6 nitrogen and oxygen atoms in total. The summed E-state index contributed by atoms with van der Waals surface area (Å²) in [4.78, 5) is 4.62. The Bertz CT molecular complexity index is 1590. The number of hydrogen-bond donors (Lipinski definition) is 2. The van der Waals surface area contributed by atoms with Crippen molar-refractivity contribution in [2.24, 2.45) is 0 Å². The van der Waals surface area contributed by atoms with E-state index in [0.717, 1.165) is 39.4 Å². The van der Waals surface area contributed by atoms with Gasteiger partial charge >= 0.3 is 0 Å². The van der Waals surface area contributed by atoms with Gasteiger partial charge in [0, 0.05) is 32.1 Å². The Morgan fingerprint density at radius 1 is 0.750 bits per heavy atom. The van der Waals surface area contributed by atoms with Crippen molar-refractivity contribution in [2.75, 3.05) is 14.2 Å². The number of aliphatic hydroxyl groups excluding tert-OH is 2. The number of aliphatic hydroxyl groups is 2. The second kappa shape index (κ2) is 14.8. The largest absolute Gasteiger partial charge is 0.502 e. The first-order chi connectivity index (χ1) is 20.9. The monoisotopic (exact) mass is 783 g/mol. The van der Waals surface area contributed by atoms with Gasteiger partial charge in [-0.1, -0.05) is 65.3 Å². The van der Waals surface area contributed by atoms with Gasteiger partial charge in [0.05, 0.1) is 26.4 Å². The van der Waals surface area contributed by atoms with Crippen LogP contribution in [0.1, 0.15) is 20.3 Å². The summed E-state index contributed by atoms with van der Waals surface area (Å²) in [5.41, 5.74) is 1.70. The molecule has 229 valence electrons. The van der Waals surface area contributed by atoms with Crippen molar-refractivity contribution in [3.8, 4) is 34.3 Å². The van der Waals surface area contributed by atoms with Crippen LogP contribution in [0.25, 0.3) is 11.3 Å². The number of hydrogen-bond acceptors (Lipinski definition) is 6. The fraction of sp³-hybridized carbons (Fsp3) is 0.194. The SMILES string of the molecule is CC(O)CC(C)O.COc1ccc([Si]2(c3ccc(OC)cc3)c3ccccc3Oc3c(-c4ccccn4)[c-]ccc32)cc1.[Ir]. The van der Waals surface area contributed by atoms with Gasteiger partial charge in [0.25, 0.3) is 0 Å². The minimum Gasteiger partial charge on any atom is -0.502 e. The van der Waals surface area contributed by atoms with Gasteiger partial charge in [0.2, 0.25) is 0 Å². The predicted molar refractivity (Wildman–Crippen MR) is 173 cm³/mol. The van der Waals surface area contributed by atoms with Crippen molar-refractivity contribution in [1.29, 1.82) is 0 Å². The zero-order valence-corrected chi connectivity index (χ0v) is 28.5. The zero-order valence-electron chi connectivity index (χ0n) is 25.2. The molecule has 0 saturated carbocycles. The van der Waals surface area contributed by atoms with Gasteiger partial charge in [-0.05, 0) is 77.9 Å². The molecule has 2 atom stereocenters. The van der Waals surface area contributed by atoms with Crippen molar-refractivity contribution >= 4 is 28.8 Å². The topological polar surface area (TPSA) is 81.0 Å². The molecule has 4 aromatic carbocycles. The molecule has 2 heterocycles. The summed E-state index contributed by atoms with van der Waals surface area (Å²) >= 11 is 0. The maximum Gasteiger partial charge on any atom is 0.169 e. The Morgan fingerprint density at radius 3 is 1.82 bits per heavy atom. The van der Waals surface area contributed by atoms with E-state index in [9.17, 15) is 0 Å². The van der Waals surface area contributed by atoms with E-state index in [4.69, 9.17) is 24.4 Å². The van der Waals surface area contributed by atoms with Crippen LogP contribution in [0.15, 0.2) is 109 Å². The Labute approximate surface area is 273 Å².